The van der Waals surface area contributed by atoms with Crippen molar-refractivity contribution in [2.45, 2.75) is 12.8 Å². The number of ether oxygens (including phenoxy) is 2. The SMILES string of the molecule is COc1cc(OC)cc(C(=O)N2CCC(C(=O)Nc3nc(-c4ccccc4)cs3)CC2)c1. The average Bonchev–Trinajstić information content (AvgIpc) is 3.32. The molecule has 4 rings (SSSR count). The van der Waals surface area contributed by atoms with E-state index in [-0.39, 0.29) is 17.7 Å². The van der Waals surface area contributed by atoms with E-state index in [2.05, 4.69) is 10.3 Å². The van der Waals surface area contributed by atoms with Crippen LogP contribution in [0.25, 0.3) is 11.3 Å². The van der Waals surface area contributed by atoms with Crippen LogP contribution in [0.3, 0.4) is 0 Å². The molecule has 0 bridgehead atoms. The first-order chi connectivity index (χ1) is 15.6. The van der Waals surface area contributed by atoms with Crippen LogP contribution in [0.4, 0.5) is 5.13 Å². The van der Waals surface area contributed by atoms with Gasteiger partial charge >= 0.3 is 0 Å². The van der Waals surface area contributed by atoms with Crippen LogP contribution in [-0.4, -0.2) is 49.0 Å². The Hall–Kier alpha value is -3.39. The third-order valence-corrected chi connectivity index (χ3v) is 6.31. The minimum absolute atomic E-state index is 0.0471. The fraction of sp³-hybridized carbons (Fsp3) is 0.292. The van der Waals surface area contributed by atoms with Gasteiger partial charge in [0.2, 0.25) is 5.91 Å². The van der Waals surface area contributed by atoms with Gasteiger partial charge in [-0.05, 0) is 25.0 Å². The number of aromatic nitrogens is 1. The first-order valence-electron chi connectivity index (χ1n) is 10.4. The van der Waals surface area contributed by atoms with Gasteiger partial charge in [0, 0.05) is 41.6 Å². The van der Waals surface area contributed by atoms with Gasteiger partial charge in [-0.25, -0.2) is 4.98 Å². The maximum atomic E-state index is 12.9. The molecule has 1 aromatic heterocycles. The van der Waals surface area contributed by atoms with Gasteiger partial charge in [-0.2, -0.15) is 0 Å². The summed E-state index contributed by atoms with van der Waals surface area (Å²) < 4.78 is 10.5. The largest absolute Gasteiger partial charge is 0.497 e. The number of nitrogens with zero attached hydrogens (tertiary/aromatic N) is 2. The van der Waals surface area contributed by atoms with Gasteiger partial charge < -0.3 is 19.7 Å². The van der Waals surface area contributed by atoms with E-state index in [1.54, 1.807) is 37.3 Å². The highest BCUT2D eigenvalue weighted by Gasteiger charge is 2.28. The standard InChI is InChI=1S/C24H25N3O4S/c1-30-19-12-18(13-20(14-19)31-2)23(29)27-10-8-17(9-11-27)22(28)26-24-25-21(15-32-24)16-6-4-3-5-7-16/h3-7,12-15,17H,8-11H2,1-2H3,(H,25,26,28). The summed E-state index contributed by atoms with van der Waals surface area (Å²) in [5.74, 6) is 0.853. The molecule has 8 heteroatoms. The summed E-state index contributed by atoms with van der Waals surface area (Å²) in [7, 11) is 3.11. The first-order valence-corrected chi connectivity index (χ1v) is 11.3. The van der Waals surface area contributed by atoms with Crippen LogP contribution < -0.4 is 14.8 Å². The lowest BCUT2D eigenvalue weighted by Gasteiger charge is -2.31. The lowest BCUT2D eigenvalue weighted by Crippen LogP contribution is -2.41. The van der Waals surface area contributed by atoms with Crippen LogP contribution in [-0.2, 0) is 4.79 Å². The zero-order valence-electron chi connectivity index (χ0n) is 18.0. The summed E-state index contributed by atoms with van der Waals surface area (Å²) >= 11 is 1.42. The monoisotopic (exact) mass is 451 g/mol. The summed E-state index contributed by atoms with van der Waals surface area (Å²) in [6.45, 7) is 1.03. The molecule has 1 N–H and O–H groups in total. The van der Waals surface area contributed by atoms with Crippen LogP contribution in [0.2, 0.25) is 0 Å². The molecule has 32 heavy (non-hydrogen) atoms. The van der Waals surface area contributed by atoms with Crippen LogP contribution >= 0.6 is 11.3 Å². The van der Waals surface area contributed by atoms with Crippen molar-refractivity contribution in [1.82, 2.24) is 9.88 Å². The molecular formula is C24H25N3O4S. The Balaban J connectivity index is 1.34. The van der Waals surface area contributed by atoms with E-state index in [1.165, 1.54) is 11.3 Å². The third-order valence-electron chi connectivity index (χ3n) is 5.56. The molecule has 2 heterocycles. The number of nitrogens with one attached hydrogen (secondary N) is 1. The van der Waals surface area contributed by atoms with Gasteiger partial charge in [-0.15, -0.1) is 11.3 Å². The Labute approximate surface area is 191 Å². The van der Waals surface area contributed by atoms with Crippen LogP contribution in [0, 0.1) is 5.92 Å². The maximum absolute atomic E-state index is 12.9. The van der Waals surface area contributed by atoms with E-state index < -0.39 is 0 Å². The lowest BCUT2D eigenvalue weighted by molar-refractivity contribution is -0.121. The minimum Gasteiger partial charge on any atom is -0.497 e. The lowest BCUT2D eigenvalue weighted by atomic mass is 9.95. The molecule has 0 radical (unpaired) electrons. The number of thiazole rings is 1. The fourth-order valence-corrected chi connectivity index (χ4v) is 4.46. The predicted octanol–water partition coefficient (Wildman–Crippen LogP) is 4.32. The fourth-order valence-electron chi connectivity index (χ4n) is 3.74. The Morgan fingerprint density at radius 2 is 1.69 bits per heavy atom. The number of rotatable bonds is 6. The maximum Gasteiger partial charge on any atom is 0.254 e. The molecule has 166 valence electrons. The predicted molar refractivity (Wildman–Crippen MR) is 124 cm³/mol. The number of carbonyl (C=O) groups is 2. The zero-order valence-corrected chi connectivity index (χ0v) is 18.9. The van der Waals surface area contributed by atoms with E-state index >= 15 is 0 Å². The second-order valence-corrected chi connectivity index (χ2v) is 8.42. The molecule has 1 fully saturated rings. The van der Waals surface area contributed by atoms with E-state index in [9.17, 15) is 9.59 Å². The Bertz CT molecular complexity index is 1070. The molecule has 0 aliphatic carbocycles. The molecule has 0 saturated carbocycles. The highest BCUT2D eigenvalue weighted by atomic mass is 32.1. The van der Waals surface area contributed by atoms with Crippen molar-refractivity contribution in [3.63, 3.8) is 0 Å². The van der Waals surface area contributed by atoms with Gasteiger partial charge in [0.25, 0.3) is 5.91 Å². The van der Waals surface area contributed by atoms with Crippen molar-refractivity contribution >= 4 is 28.3 Å². The van der Waals surface area contributed by atoms with Crippen LogP contribution in [0.15, 0.2) is 53.9 Å². The van der Waals surface area contributed by atoms with Crippen molar-refractivity contribution < 1.29 is 19.1 Å². The molecule has 0 spiro atoms. The normalized spacial score (nSPS) is 14.1. The number of amides is 2. The minimum atomic E-state index is -0.150. The van der Waals surface area contributed by atoms with Crippen molar-refractivity contribution in [1.29, 1.82) is 0 Å². The van der Waals surface area contributed by atoms with Crippen LogP contribution in [0.5, 0.6) is 11.5 Å². The number of piperidine rings is 1. The van der Waals surface area contributed by atoms with Crippen LogP contribution in [0.1, 0.15) is 23.2 Å². The Morgan fingerprint density at radius 3 is 2.31 bits per heavy atom. The van der Waals surface area contributed by atoms with Crippen molar-refractivity contribution in [2.24, 2.45) is 5.92 Å². The number of hydrogen-bond acceptors (Lipinski definition) is 6. The van der Waals surface area contributed by atoms with E-state index in [4.69, 9.17) is 9.47 Å². The topological polar surface area (TPSA) is 80.8 Å². The molecule has 0 unspecified atom stereocenters. The van der Waals surface area contributed by atoms with E-state index in [0.29, 0.717) is 48.1 Å². The summed E-state index contributed by atoms with van der Waals surface area (Å²) in [5, 5.41) is 5.47. The number of methoxy groups -OCH3 is 2. The molecule has 7 nitrogen and oxygen atoms in total. The third kappa shape index (κ3) is 4.91. The van der Waals surface area contributed by atoms with Gasteiger partial charge in [0.05, 0.1) is 19.9 Å². The molecule has 0 atom stereocenters. The Morgan fingerprint density at radius 1 is 1.03 bits per heavy atom. The first kappa shape index (κ1) is 21.8. The van der Waals surface area contributed by atoms with E-state index in [0.717, 1.165) is 11.3 Å². The number of benzene rings is 2. The molecule has 3 aromatic rings. The van der Waals surface area contributed by atoms with E-state index in [1.807, 2.05) is 35.7 Å². The molecule has 1 saturated heterocycles. The number of carbonyl (C=O) groups excluding carboxylic acids is 2. The number of hydrogen-bond donors (Lipinski definition) is 1. The molecule has 1 aliphatic heterocycles. The van der Waals surface area contributed by atoms with Crippen molar-refractivity contribution in [2.75, 3.05) is 32.6 Å². The number of anilines is 1. The second-order valence-electron chi connectivity index (χ2n) is 7.56. The van der Waals surface area contributed by atoms with Gasteiger partial charge in [-0.3, -0.25) is 9.59 Å². The molecule has 2 amide bonds. The molecular weight excluding hydrogens is 426 g/mol. The van der Waals surface area contributed by atoms with Gasteiger partial charge in [-0.1, -0.05) is 30.3 Å². The summed E-state index contributed by atoms with van der Waals surface area (Å²) in [6, 6.07) is 15.0. The van der Waals surface area contributed by atoms with Crippen molar-refractivity contribution in [3.05, 3.63) is 59.5 Å². The van der Waals surface area contributed by atoms with Crippen molar-refractivity contribution in [3.8, 4) is 22.8 Å². The molecule has 1 aliphatic rings. The summed E-state index contributed by atoms with van der Waals surface area (Å²) in [4.78, 5) is 32.0. The molecule has 2 aromatic carbocycles. The quantitative estimate of drug-likeness (QED) is 0.604. The zero-order chi connectivity index (χ0) is 22.5. The number of likely N-dealkylation sites (tertiary alicyclic amines) is 1. The summed E-state index contributed by atoms with van der Waals surface area (Å²) in [5.41, 5.74) is 2.38. The highest BCUT2D eigenvalue weighted by molar-refractivity contribution is 7.14. The highest BCUT2D eigenvalue weighted by Crippen LogP contribution is 2.28. The second kappa shape index (κ2) is 9.82. The average molecular weight is 452 g/mol. The Kier molecular flexibility index (Phi) is 6.70. The van der Waals surface area contributed by atoms with Gasteiger partial charge in [0.1, 0.15) is 11.5 Å². The summed E-state index contributed by atoms with van der Waals surface area (Å²) in [6.07, 6.45) is 1.21. The smallest absolute Gasteiger partial charge is 0.254 e. The van der Waals surface area contributed by atoms with Gasteiger partial charge in [0.15, 0.2) is 5.13 Å².